The molecule has 10 nitrogen and oxygen atoms in total. The maximum absolute atomic E-state index is 10.9. The summed E-state index contributed by atoms with van der Waals surface area (Å²) < 4.78 is 0. The Kier molecular flexibility index (Phi) is 4.32. The maximum atomic E-state index is 10.9. The molecule has 102 valence electrons. The first-order valence-electron chi connectivity index (χ1n) is 4.92. The molecule has 1 rings (SSSR count). The summed E-state index contributed by atoms with van der Waals surface area (Å²) in [5.74, 6) is -2.64. The highest BCUT2D eigenvalue weighted by Gasteiger charge is 2.19. The van der Waals surface area contributed by atoms with E-state index in [-0.39, 0.29) is 12.4 Å². The fourth-order valence-corrected chi connectivity index (χ4v) is 1.15. The van der Waals surface area contributed by atoms with Crippen molar-refractivity contribution >= 4 is 23.4 Å². The highest BCUT2D eigenvalue weighted by molar-refractivity contribution is 5.93. The number of carboxylic acids is 1. The van der Waals surface area contributed by atoms with Gasteiger partial charge >= 0.3 is 5.97 Å². The Morgan fingerprint density at radius 2 is 2.21 bits per heavy atom. The van der Waals surface area contributed by atoms with Crippen LogP contribution in [0.2, 0.25) is 0 Å². The second kappa shape index (κ2) is 5.73. The number of hydrogen-bond donors (Lipinski definition) is 4. The lowest BCUT2D eigenvalue weighted by Crippen LogP contribution is -2.34. The van der Waals surface area contributed by atoms with E-state index in [4.69, 9.17) is 15.9 Å². The number of amides is 1. The van der Waals surface area contributed by atoms with Crippen LogP contribution in [0.5, 0.6) is 0 Å². The number of aromatic nitrogens is 1. The van der Waals surface area contributed by atoms with Crippen LogP contribution >= 0.6 is 0 Å². The summed E-state index contributed by atoms with van der Waals surface area (Å²) in [7, 11) is 0. The van der Waals surface area contributed by atoms with Gasteiger partial charge in [0, 0.05) is 6.07 Å². The summed E-state index contributed by atoms with van der Waals surface area (Å²) in [5, 5.41) is 30.9. The smallest absolute Gasteiger partial charge is 0.339 e. The van der Waals surface area contributed by atoms with Crippen LogP contribution in [0.25, 0.3) is 0 Å². The van der Waals surface area contributed by atoms with Gasteiger partial charge in [-0.25, -0.2) is 9.78 Å². The van der Waals surface area contributed by atoms with Gasteiger partial charge in [0.25, 0.3) is 5.69 Å². The molecule has 0 aromatic carbocycles. The van der Waals surface area contributed by atoms with Crippen LogP contribution in [0.15, 0.2) is 12.3 Å². The number of carbonyl (C=O) groups excluding carboxylic acids is 1. The number of primary amides is 1. The summed E-state index contributed by atoms with van der Waals surface area (Å²) in [6, 6.07) is 0.814. The average Bonchev–Trinajstić information content (AvgIpc) is 2.35. The molecule has 1 aromatic rings. The Bertz CT molecular complexity index is 531. The van der Waals surface area contributed by atoms with E-state index in [9.17, 15) is 19.7 Å². The van der Waals surface area contributed by atoms with Crippen molar-refractivity contribution in [1.82, 2.24) is 4.98 Å². The minimum Gasteiger partial charge on any atom is -0.478 e. The number of pyridine rings is 1. The topological polar surface area (TPSA) is 169 Å². The zero-order chi connectivity index (χ0) is 14.6. The normalized spacial score (nSPS) is 11.6. The molecule has 0 bridgehead atoms. The van der Waals surface area contributed by atoms with Crippen molar-refractivity contribution in [2.75, 3.05) is 11.9 Å². The Morgan fingerprint density at radius 1 is 1.58 bits per heavy atom. The molecule has 1 heterocycles. The molecule has 0 aliphatic carbocycles. The number of hydrogen-bond acceptors (Lipinski definition) is 7. The number of nitro groups is 1. The first-order valence-corrected chi connectivity index (χ1v) is 4.92. The van der Waals surface area contributed by atoms with Gasteiger partial charge in [-0.3, -0.25) is 14.9 Å². The average molecular weight is 270 g/mol. The third-order valence-electron chi connectivity index (χ3n) is 2.11. The molecular formula is C9H10N4O6. The van der Waals surface area contributed by atoms with Gasteiger partial charge in [0.15, 0.2) is 0 Å². The molecule has 0 aliphatic rings. The van der Waals surface area contributed by atoms with Gasteiger partial charge in [0.1, 0.15) is 23.7 Å². The molecule has 1 atom stereocenters. The van der Waals surface area contributed by atoms with E-state index in [2.05, 4.69) is 10.3 Å². The minimum absolute atomic E-state index is 0.210. The number of aliphatic hydroxyl groups excluding tert-OH is 1. The molecule has 19 heavy (non-hydrogen) atoms. The highest BCUT2D eigenvalue weighted by atomic mass is 16.6. The summed E-state index contributed by atoms with van der Waals surface area (Å²) in [4.78, 5) is 34.8. The van der Waals surface area contributed by atoms with Crippen LogP contribution in [0.4, 0.5) is 11.5 Å². The van der Waals surface area contributed by atoms with E-state index in [1.54, 1.807) is 0 Å². The lowest BCUT2D eigenvalue weighted by atomic mass is 10.2. The molecule has 0 saturated carbocycles. The van der Waals surface area contributed by atoms with E-state index in [0.29, 0.717) is 0 Å². The number of aliphatic hydroxyl groups is 1. The van der Waals surface area contributed by atoms with Crippen LogP contribution in [0, 0.1) is 10.1 Å². The van der Waals surface area contributed by atoms with E-state index >= 15 is 0 Å². The summed E-state index contributed by atoms with van der Waals surface area (Å²) in [6.07, 6.45) is -0.676. The second-order valence-electron chi connectivity index (χ2n) is 3.45. The first-order chi connectivity index (χ1) is 8.82. The molecule has 0 aliphatic heterocycles. The van der Waals surface area contributed by atoms with Crippen molar-refractivity contribution in [1.29, 1.82) is 0 Å². The highest BCUT2D eigenvalue weighted by Crippen LogP contribution is 2.19. The van der Waals surface area contributed by atoms with Gasteiger partial charge < -0.3 is 21.3 Å². The number of aromatic carboxylic acids is 1. The lowest BCUT2D eigenvalue weighted by Gasteiger charge is -2.10. The Hall–Kier alpha value is -2.75. The molecule has 1 amide bonds. The molecule has 0 fully saturated rings. The summed E-state index contributed by atoms with van der Waals surface area (Å²) in [6.45, 7) is -0.361. The number of carboxylic acid groups (broad SMARTS) is 1. The number of carbonyl (C=O) groups is 2. The van der Waals surface area contributed by atoms with Crippen molar-refractivity contribution in [3.63, 3.8) is 0 Å². The van der Waals surface area contributed by atoms with Gasteiger partial charge in [0.2, 0.25) is 5.91 Å². The number of nitrogens with two attached hydrogens (primary N) is 1. The van der Waals surface area contributed by atoms with Crippen molar-refractivity contribution in [3.8, 4) is 0 Å². The number of nitrogens with zero attached hydrogens (tertiary/aromatic N) is 2. The lowest BCUT2D eigenvalue weighted by molar-refractivity contribution is -0.385. The molecule has 10 heteroatoms. The molecule has 0 saturated heterocycles. The van der Waals surface area contributed by atoms with Gasteiger partial charge in [-0.1, -0.05) is 0 Å². The Morgan fingerprint density at radius 3 is 2.68 bits per heavy atom. The summed E-state index contributed by atoms with van der Waals surface area (Å²) >= 11 is 0. The quantitative estimate of drug-likeness (QED) is 0.374. The Labute approximate surface area is 106 Å². The molecule has 0 spiro atoms. The third-order valence-corrected chi connectivity index (χ3v) is 2.11. The van der Waals surface area contributed by atoms with Crippen molar-refractivity contribution in [2.45, 2.75) is 6.10 Å². The molecule has 1 unspecified atom stereocenters. The summed E-state index contributed by atoms with van der Waals surface area (Å²) in [5.41, 5.74) is 3.87. The van der Waals surface area contributed by atoms with Crippen LogP contribution in [0.3, 0.4) is 0 Å². The monoisotopic (exact) mass is 270 g/mol. The minimum atomic E-state index is -1.53. The molecule has 0 radical (unpaired) electrons. The molecular weight excluding hydrogens is 260 g/mol. The van der Waals surface area contributed by atoms with Gasteiger partial charge in [0.05, 0.1) is 11.5 Å². The van der Waals surface area contributed by atoms with Crippen LogP contribution in [0.1, 0.15) is 10.4 Å². The number of rotatable bonds is 6. The largest absolute Gasteiger partial charge is 0.478 e. The number of anilines is 1. The fourth-order valence-electron chi connectivity index (χ4n) is 1.15. The van der Waals surface area contributed by atoms with E-state index in [1.807, 2.05) is 0 Å². The number of nitrogens with one attached hydrogen (secondary N) is 1. The first kappa shape index (κ1) is 14.3. The SMILES string of the molecule is NC(=O)C(O)CNc1ncc([N+](=O)[O-])cc1C(=O)O. The Balaban J connectivity index is 2.97. The van der Waals surface area contributed by atoms with E-state index in [0.717, 1.165) is 12.3 Å². The third kappa shape index (κ3) is 3.61. The van der Waals surface area contributed by atoms with E-state index in [1.165, 1.54) is 0 Å². The second-order valence-corrected chi connectivity index (χ2v) is 3.45. The van der Waals surface area contributed by atoms with Crippen LogP contribution in [-0.2, 0) is 4.79 Å². The van der Waals surface area contributed by atoms with E-state index < -0.39 is 34.2 Å². The van der Waals surface area contributed by atoms with Crippen LogP contribution in [-0.4, -0.2) is 44.6 Å². The predicted molar refractivity (Wildman–Crippen MR) is 61.5 cm³/mol. The van der Waals surface area contributed by atoms with Crippen molar-refractivity contribution < 1.29 is 24.7 Å². The zero-order valence-electron chi connectivity index (χ0n) is 9.44. The van der Waals surface area contributed by atoms with Crippen LogP contribution < -0.4 is 11.1 Å². The molecule has 1 aromatic heterocycles. The predicted octanol–water partition coefficient (Wildman–Crippen LogP) is -1.05. The van der Waals surface area contributed by atoms with Crippen molar-refractivity contribution in [3.05, 3.63) is 27.9 Å². The standard InChI is InChI=1S/C9H10N4O6/c10-7(15)6(14)3-12-8-5(9(16)17)1-4(2-11-8)13(18)19/h1-2,6,14H,3H2,(H2,10,15)(H,11,12)(H,16,17). The van der Waals surface area contributed by atoms with Gasteiger partial charge in [-0.2, -0.15) is 0 Å². The van der Waals surface area contributed by atoms with Gasteiger partial charge in [-0.05, 0) is 0 Å². The fraction of sp³-hybridized carbons (Fsp3) is 0.222. The zero-order valence-corrected chi connectivity index (χ0v) is 9.44. The van der Waals surface area contributed by atoms with Gasteiger partial charge in [-0.15, -0.1) is 0 Å². The maximum Gasteiger partial charge on any atom is 0.339 e. The van der Waals surface area contributed by atoms with Crippen molar-refractivity contribution in [2.24, 2.45) is 5.73 Å². The molecule has 5 N–H and O–H groups in total.